The minimum Gasteiger partial charge on any atom is -0.466 e. The van der Waals surface area contributed by atoms with Gasteiger partial charge in [-0.25, -0.2) is 4.79 Å². The number of fused-ring (bicyclic) bond motifs is 4. The standard InChI is InChI=1S/C40H58O5/c1-9-44-34(42)25-40-23-21-29(27(4)15-13-14-26(2)3)39(40,8)22-20-30-31(40)18-19-33-37(5,6)35(32(41)24-38(30,33)7)45-36(43)28-16-11-10-12-17-28/h10-12,16-17,26-27,29,33,35H,9,13-15,18-25H2,1-8H3/t27-,29-,33?,35+,38-,39-,40-/m1/s1. The second kappa shape index (κ2) is 12.6. The molecule has 0 saturated heterocycles. The van der Waals surface area contributed by atoms with Gasteiger partial charge in [0, 0.05) is 17.3 Å². The molecule has 0 radical (unpaired) electrons. The van der Waals surface area contributed by atoms with E-state index in [1.165, 1.54) is 30.4 Å². The van der Waals surface area contributed by atoms with Crippen LogP contribution in [0, 0.1) is 45.3 Å². The Bertz CT molecular complexity index is 1310. The van der Waals surface area contributed by atoms with Crippen molar-refractivity contribution in [3.05, 3.63) is 47.0 Å². The van der Waals surface area contributed by atoms with Gasteiger partial charge in [-0.2, -0.15) is 0 Å². The number of hydrogen-bond donors (Lipinski definition) is 0. The van der Waals surface area contributed by atoms with Crippen LogP contribution in [-0.4, -0.2) is 30.4 Å². The highest BCUT2D eigenvalue weighted by Gasteiger charge is 2.66. The van der Waals surface area contributed by atoms with Crippen molar-refractivity contribution >= 4 is 17.7 Å². The Labute approximate surface area is 272 Å². The Morgan fingerprint density at radius 3 is 2.31 bits per heavy atom. The zero-order chi connectivity index (χ0) is 32.8. The van der Waals surface area contributed by atoms with E-state index in [-0.39, 0.29) is 33.9 Å². The highest BCUT2D eigenvalue weighted by atomic mass is 16.5. The van der Waals surface area contributed by atoms with Gasteiger partial charge in [0.2, 0.25) is 0 Å². The van der Waals surface area contributed by atoms with Gasteiger partial charge >= 0.3 is 11.9 Å². The minimum absolute atomic E-state index is 0.0210. The first kappa shape index (κ1) is 33.9. The third kappa shape index (κ3) is 5.73. The molecule has 5 nitrogen and oxygen atoms in total. The summed E-state index contributed by atoms with van der Waals surface area (Å²) in [6.07, 6.45) is 9.91. The second-order valence-electron chi connectivity index (χ2n) is 16.5. The van der Waals surface area contributed by atoms with E-state index < -0.39 is 17.5 Å². The minimum atomic E-state index is -0.768. The molecule has 1 unspecified atom stereocenters. The zero-order valence-electron chi connectivity index (χ0n) is 29.3. The van der Waals surface area contributed by atoms with E-state index in [4.69, 9.17) is 9.47 Å². The summed E-state index contributed by atoms with van der Waals surface area (Å²) in [5, 5.41) is 0. The van der Waals surface area contributed by atoms with Gasteiger partial charge in [0.25, 0.3) is 0 Å². The number of ketones is 1. The van der Waals surface area contributed by atoms with Crippen LogP contribution in [0.1, 0.15) is 136 Å². The Hall–Kier alpha value is -2.43. The van der Waals surface area contributed by atoms with E-state index in [9.17, 15) is 14.4 Å². The highest BCUT2D eigenvalue weighted by Crippen LogP contribution is 2.73. The summed E-state index contributed by atoms with van der Waals surface area (Å²) in [7, 11) is 0. The first-order chi connectivity index (χ1) is 21.2. The Morgan fingerprint density at radius 1 is 0.933 bits per heavy atom. The average Bonchev–Trinajstić information content (AvgIpc) is 3.27. The molecule has 45 heavy (non-hydrogen) atoms. The molecular weight excluding hydrogens is 560 g/mol. The van der Waals surface area contributed by atoms with Gasteiger partial charge in [0.05, 0.1) is 18.6 Å². The fourth-order valence-corrected chi connectivity index (χ4v) is 11.2. The molecule has 0 spiro atoms. The summed E-state index contributed by atoms with van der Waals surface area (Å²) in [4.78, 5) is 40.6. The van der Waals surface area contributed by atoms with Gasteiger partial charge in [-0.1, -0.05) is 97.1 Å². The molecule has 0 aliphatic heterocycles. The van der Waals surface area contributed by atoms with Crippen molar-refractivity contribution in [3.63, 3.8) is 0 Å². The quantitative estimate of drug-likeness (QED) is 0.193. The van der Waals surface area contributed by atoms with Crippen molar-refractivity contribution in [2.24, 2.45) is 45.3 Å². The lowest BCUT2D eigenvalue weighted by atomic mass is 9.42. The lowest BCUT2D eigenvalue weighted by Gasteiger charge is -2.62. The maximum atomic E-state index is 14.1. The van der Waals surface area contributed by atoms with Crippen LogP contribution in [0.5, 0.6) is 0 Å². The van der Waals surface area contributed by atoms with E-state index in [2.05, 4.69) is 48.5 Å². The van der Waals surface area contributed by atoms with Gasteiger partial charge in [0.15, 0.2) is 11.9 Å². The lowest BCUT2D eigenvalue weighted by molar-refractivity contribution is -0.156. The summed E-state index contributed by atoms with van der Waals surface area (Å²) < 4.78 is 11.7. The zero-order valence-corrected chi connectivity index (χ0v) is 29.3. The van der Waals surface area contributed by atoms with Crippen LogP contribution in [0.3, 0.4) is 0 Å². The van der Waals surface area contributed by atoms with Crippen LogP contribution in [0.15, 0.2) is 41.5 Å². The lowest BCUT2D eigenvalue weighted by Crippen LogP contribution is -2.59. The smallest absolute Gasteiger partial charge is 0.338 e. The van der Waals surface area contributed by atoms with Gasteiger partial charge < -0.3 is 9.47 Å². The van der Waals surface area contributed by atoms with Gasteiger partial charge in [-0.3, -0.25) is 9.59 Å². The first-order valence-electron chi connectivity index (χ1n) is 17.9. The van der Waals surface area contributed by atoms with Crippen molar-refractivity contribution in [1.82, 2.24) is 0 Å². The summed E-state index contributed by atoms with van der Waals surface area (Å²) in [6, 6.07) is 8.99. The topological polar surface area (TPSA) is 69.7 Å². The molecule has 248 valence electrons. The van der Waals surface area contributed by atoms with E-state index in [0.29, 0.717) is 36.8 Å². The van der Waals surface area contributed by atoms with Crippen molar-refractivity contribution in [2.45, 2.75) is 132 Å². The number of carbonyl (C=O) groups is 3. The molecule has 0 N–H and O–H groups in total. The number of rotatable bonds is 10. The highest BCUT2D eigenvalue weighted by molar-refractivity contribution is 5.94. The molecule has 2 fully saturated rings. The van der Waals surface area contributed by atoms with Gasteiger partial charge in [0.1, 0.15) is 0 Å². The van der Waals surface area contributed by atoms with Crippen LogP contribution in [-0.2, 0) is 19.1 Å². The second-order valence-corrected chi connectivity index (χ2v) is 16.5. The molecule has 4 aliphatic carbocycles. The van der Waals surface area contributed by atoms with Crippen molar-refractivity contribution < 1.29 is 23.9 Å². The number of benzene rings is 1. The summed E-state index contributed by atoms with van der Waals surface area (Å²) in [5.74, 6) is 1.63. The van der Waals surface area contributed by atoms with E-state index in [0.717, 1.165) is 44.4 Å². The third-order valence-corrected chi connectivity index (χ3v) is 13.3. The molecule has 2 saturated carbocycles. The number of allylic oxidation sites excluding steroid dienone is 2. The molecule has 4 aliphatic rings. The molecule has 1 aromatic carbocycles. The van der Waals surface area contributed by atoms with Crippen LogP contribution >= 0.6 is 0 Å². The molecule has 1 aromatic rings. The summed E-state index contributed by atoms with van der Waals surface area (Å²) in [5.41, 5.74) is 2.37. The van der Waals surface area contributed by atoms with Crippen molar-refractivity contribution in [1.29, 1.82) is 0 Å². The van der Waals surface area contributed by atoms with Crippen molar-refractivity contribution in [3.8, 4) is 0 Å². The molecule has 5 heteroatoms. The van der Waals surface area contributed by atoms with Crippen molar-refractivity contribution in [2.75, 3.05) is 6.61 Å². The number of hydrogen-bond acceptors (Lipinski definition) is 5. The predicted octanol–water partition coefficient (Wildman–Crippen LogP) is 9.54. The fraction of sp³-hybridized carbons (Fsp3) is 0.725. The fourth-order valence-electron chi connectivity index (χ4n) is 11.2. The molecule has 5 rings (SSSR count). The molecule has 7 atom stereocenters. The number of ether oxygens (including phenoxy) is 2. The Morgan fingerprint density at radius 2 is 1.64 bits per heavy atom. The largest absolute Gasteiger partial charge is 0.466 e. The molecular formula is C40H58O5. The summed E-state index contributed by atoms with van der Waals surface area (Å²) in [6.45, 7) is 18.4. The van der Waals surface area contributed by atoms with Crippen LogP contribution in [0.25, 0.3) is 0 Å². The maximum absolute atomic E-state index is 14.1. The number of Topliss-reactive ketones (excluding diaryl/α,β-unsaturated/α-hetero) is 1. The van der Waals surface area contributed by atoms with Crippen LogP contribution < -0.4 is 0 Å². The number of esters is 2. The SMILES string of the molecule is CCOC(=O)C[C@@]12CC[C@H]([C@H](C)CCCC(C)C)[C@@]1(C)CCC1=C2CCC2C(C)(C)[C@@H](OC(=O)c3ccccc3)C(=O)C[C@]12C. The Balaban J connectivity index is 1.50. The molecule has 0 aromatic heterocycles. The summed E-state index contributed by atoms with van der Waals surface area (Å²) >= 11 is 0. The molecule has 0 amide bonds. The maximum Gasteiger partial charge on any atom is 0.338 e. The number of carbonyl (C=O) groups excluding carboxylic acids is 3. The molecule has 0 bridgehead atoms. The van der Waals surface area contributed by atoms with Gasteiger partial charge in [-0.05, 0) is 92.1 Å². The predicted molar refractivity (Wildman–Crippen MR) is 179 cm³/mol. The van der Waals surface area contributed by atoms with E-state index >= 15 is 0 Å². The first-order valence-corrected chi connectivity index (χ1v) is 17.9. The third-order valence-electron chi connectivity index (χ3n) is 13.3. The van der Waals surface area contributed by atoms with Gasteiger partial charge in [-0.15, -0.1) is 0 Å². The average molecular weight is 619 g/mol. The Kier molecular flexibility index (Phi) is 9.53. The van der Waals surface area contributed by atoms with E-state index in [1.54, 1.807) is 12.1 Å². The molecule has 0 heterocycles. The van der Waals surface area contributed by atoms with E-state index in [1.807, 2.05) is 25.1 Å². The van der Waals surface area contributed by atoms with Crippen LogP contribution in [0.4, 0.5) is 0 Å². The monoisotopic (exact) mass is 618 g/mol. The van der Waals surface area contributed by atoms with Crippen LogP contribution in [0.2, 0.25) is 0 Å². The normalized spacial score (nSPS) is 34.5.